The molecule has 1 aromatic rings. The number of aromatic nitrogens is 1. The topological polar surface area (TPSA) is 54.6 Å². The SMILES string of the molecule is COCn1c(O)ccc1O. The summed E-state index contributed by atoms with van der Waals surface area (Å²) in [6, 6.07) is 2.79. The van der Waals surface area contributed by atoms with Crippen LogP contribution >= 0.6 is 0 Å². The average Bonchev–Trinajstić information content (AvgIpc) is 2.20. The first-order valence-electron chi connectivity index (χ1n) is 2.82. The van der Waals surface area contributed by atoms with Crippen LogP contribution in [0.1, 0.15) is 0 Å². The molecule has 4 nitrogen and oxygen atoms in total. The predicted octanol–water partition coefficient (Wildman–Crippen LogP) is 0.503. The third-order valence-electron chi connectivity index (χ3n) is 1.19. The second-order valence-corrected chi connectivity index (χ2v) is 1.90. The van der Waals surface area contributed by atoms with Gasteiger partial charge in [0.15, 0.2) is 11.8 Å². The Morgan fingerprint density at radius 1 is 1.40 bits per heavy atom. The van der Waals surface area contributed by atoms with E-state index < -0.39 is 0 Å². The Hall–Kier alpha value is -1.16. The van der Waals surface area contributed by atoms with Gasteiger partial charge >= 0.3 is 0 Å². The lowest BCUT2D eigenvalue weighted by atomic mass is 10.6. The zero-order valence-corrected chi connectivity index (χ0v) is 5.61. The van der Waals surface area contributed by atoms with Crippen LogP contribution in [0.15, 0.2) is 12.1 Å². The van der Waals surface area contributed by atoms with E-state index in [9.17, 15) is 0 Å². The van der Waals surface area contributed by atoms with Crippen LogP contribution in [0.25, 0.3) is 0 Å². The summed E-state index contributed by atoms with van der Waals surface area (Å²) in [5.74, 6) is -0.00120. The zero-order chi connectivity index (χ0) is 7.56. The van der Waals surface area contributed by atoms with Crippen LogP contribution in [0, 0.1) is 0 Å². The molecule has 2 N–H and O–H groups in total. The molecule has 0 fully saturated rings. The summed E-state index contributed by atoms with van der Waals surface area (Å²) in [6.45, 7) is 0.157. The lowest BCUT2D eigenvalue weighted by Gasteiger charge is -2.02. The minimum atomic E-state index is -0.000602. The minimum Gasteiger partial charge on any atom is -0.494 e. The molecule has 0 aliphatic rings. The van der Waals surface area contributed by atoms with Crippen LogP contribution in [0.2, 0.25) is 0 Å². The molecular weight excluding hydrogens is 134 g/mol. The number of hydrogen-bond acceptors (Lipinski definition) is 3. The van der Waals surface area contributed by atoms with Crippen molar-refractivity contribution in [3.8, 4) is 11.8 Å². The van der Waals surface area contributed by atoms with Crippen LogP contribution in [0.5, 0.6) is 11.8 Å². The van der Waals surface area contributed by atoms with Crippen molar-refractivity contribution in [3.05, 3.63) is 12.1 Å². The molecule has 1 heterocycles. The molecule has 1 aromatic heterocycles. The van der Waals surface area contributed by atoms with Gasteiger partial charge in [-0.05, 0) is 0 Å². The molecule has 0 unspecified atom stereocenters. The monoisotopic (exact) mass is 143 g/mol. The minimum absolute atomic E-state index is 0.000602. The van der Waals surface area contributed by atoms with Crippen molar-refractivity contribution in [2.75, 3.05) is 7.11 Å². The quantitative estimate of drug-likeness (QED) is 0.634. The molecule has 0 spiro atoms. The van der Waals surface area contributed by atoms with Gasteiger partial charge < -0.3 is 14.9 Å². The fourth-order valence-corrected chi connectivity index (χ4v) is 0.708. The van der Waals surface area contributed by atoms with Crippen LogP contribution in [0.3, 0.4) is 0 Å². The average molecular weight is 143 g/mol. The zero-order valence-electron chi connectivity index (χ0n) is 5.61. The maximum Gasteiger partial charge on any atom is 0.195 e. The summed E-state index contributed by atoms with van der Waals surface area (Å²) in [4.78, 5) is 0. The summed E-state index contributed by atoms with van der Waals surface area (Å²) in [5, 5.41) is 18.0. The highest BCUT2D eigenvalue weighted by Crippen LogP contribution is 2.19. The van der Waals surface area contributed by atoms with E-state index in [1.165, 1.54) is 23.8 Å². The maximum atomic E-state index is 8.99. The van der Waals surface area contributed by atoms with Gasteiger partial charge in [-0.25, -0.2) is 0 Å². The Kier molecular flexibility index (Phi) is 1.82. The third-order valence-corrected chi connectivity index (χ3v) is 1.19. The van der Waals surface area contributed by atoms with Gasteiger partial charge in [-0.1, -0.05) is 0 Å². The lowest BCUT2D eigenvalue weighted by molar-refractivity contribution is 0.116. The van der Waals surface area contributed by atoms with Gasteiger partial charge in [-0.2, -0.15) is 0 Å². The Morgan fingerprint density at radius 2 is 1.90 bits per heavy atom. The number of rotatable bonds is 2. The van der Waals surface area contributed by atoms with Gasteiger partial charge in [0.25, 0.3) is 0 Å². The first kappa shape index (κ1) is 6.95. The maximum absolute atomic E-state index is 8.99. The van der Waals surface area contributed by atoms with Crippen molar-refractivity contribution in [1.82, 2.24) is 4.57 Å². The summed E-state index contributed by atoms with van der Waals surface area (Å²) in [6.07, 6.45) is 0. The molecule has 4 heteroatoms. The second kappa shape index (κ2) is 2.62. The fourth-order valence-electron chi connectivity index (χ4n) is 0.708. The highest BCUT2D eigenvalue weighted by molar-refractivity contribution is 5.23. The molecule has 0 radical (unpaired) electrons. The third kappa shape index (κ3) is 1.06. The standard InChI is InChI=1S/C6H9NO3/c1-10-4-7-5(8)2-3-6(7)9/h2-3,8-9H,4H2,1H3. The molecule has 0 amide bonds. The van der Waals surface area contributed by atoms with E-state index >= 15 is 0 Å². The van der Waals surface area contributed by atoms with Gasteiger partial charge in [0.2, 0.25) is 0 Å². The van der Waals surface area contributed by atoms with Crippen molar-refractivity contribution in [3.63, 3.8) is 0 Å². The molecule has 0 saturated carbocycles. The first-order valence-corrected chi connectivity index (χ1v) is 2.82. The molecule has 0 aliphatic carbocycles. The highest BCUT2D eigenvalue weighted by atomic mass is 16.5. The Balaban J connectivity index is 2.87. The van der Waals surface area contributed by atoms with Crippen LogP contribution in [0.4, 0.5) is 0 Å². The largest absolute Gasteiger partial charge is 0.494 e. The van der Waals surface area contributed by atoms with Gasteiger partial charge in [0.05, 0.1) is 0 Å². The van der Waals surface area contributed by atoms with Gasteiger partial charge in [0, 0.05) is 19.2 Å². The smallest absolute Gasteiger partial charge is 0.195 e. The van der Waals surface area contributed by atoms with Crippen LogP contribution in [-0.2, 0) is 11.5 Å². The number of hydrogen-bond donors (Lipinski definition) is 2. The summed E-state index contributed by atoms with van der Waals surface area (Å²) in [5.41, 5.74) is 0. The van der Waals surface area contributed by atoms with Crippen LogP contribution < -0.4 is 0 Å². The molecule has 0 atom stereocenters. The van der Waals surface area contributed by atoms with E-state index in [1.54, 1.807) is 0 Å². The van der Waals surface area contributed by atoms with E-state index in [4.69, 9.17) is 14.9 Å². The molecular formula is C6H9NO3. The van der Waals surface area contributed by atoms with Crippen LogP contribution in [-0.4, -0.2) is 21.9 Å². The normalized spacial score (nSPS) is 10.1. The van der Waals surface area contributed by atoms with E-state index in [0.717, 1.165) is 0 Å². The number of nitrogens with zero attached hydrogens (tertiary/aromatic N) is 1. The molecule has 56 valence electrons. The molecule has 0 bridgehead atoms. The Labute approximate surface area is 58.3 Å². The summed E-state index contributed by atoms with van der Waals surface area (Å²) >= 11 is 0. The summed E-state index contributed by atoms with van der Waals surface area (Å²) < 4.78 is 5.93. The van der Waals surface area contributed by atoms with Crippen molar-refractivity contribution >= 4 is 0 Å². The molecule has 1 rings (SSSR count). The first-order chi connectivity index (χ1) is 4.75. The molecule has 0 aliphatic heterocycles. The molecule has 0 aromatic carbocycles. The van der Waals surface area contributed by atoms with Gasteiger partial charge in [-0.3, -0.25) is 4.57 Å². The van der Waals surface area contributed by atoms with Crippen molar-refractivity contribution in [1.29, 1.82) is 0 Å². The Bertz CT molecular complexity index is 199. The number of methoxy groups -OCH3 is 1. The number of ether oxygens (including phenoxy) is 1. The summed E-state index contributed by atoms with van der Waals surface area (Å²) in [7, 11) is 1.48. The lowest BCUT2D eigenvalue weighted by Crippen LogP contribution is -1.97. The fraction of sp³-hybridized carbons (Fsp3) is 0.333. The Morgan fingerprint density at radius 3 is 2.30 bits per heavy atom. The van der Waals surface area contributed by atoms with E-state index in [2.05, 4.69) is 0 Å². The van der Waals surface area contributed by atoms with Crippen molar-refractivity contribution < 1.29 is 14.9 Å². The molecule has 10 heavy (non-hydrogen) atoms. The second-order valence-electron chi connectivity index (χ2n) is 1.90. The van der Waals surface area contributed by atoms with Gasteiger partial charge in [-0.15, -0.1) is 0 Å². The highest BCUT2D eigenvalue weighted by Gasteiger charge is 2.02. The predicted molar refractivity (Wildman–Crippen MR) is 34.8 cm³/mol. The molecule has 0 saturated heterocycles. The van der Waals surface area contributed by atoms with Crippen molar-refractivity contribution in [2.45, 2.75) is 6.73 Å². The van der Waals surface area contributed by atoms with E-state index in [0.29, 0.717) is 0 Å². The van der Waals surface area contributed by atoms with Gasteiger partial charge in [0.1, 0.15) is 6.73 Å². The van der Waals surface area contributed by atoms with E-state index in [1.807, 2.05) is 0 Å². The number of aromatic hydroxyl groups is 2. The van der Waals surface area contributed by atoms with Crippen molar-refractivity contribution in [2.24, 2.45) is 0 Å². The van der Waals surface area contributed by atoms with E-state index in [-0.39, 0.29) is 18.5 Å².